The summed E-state index contributed by atoms with van der Waals surface area (Å²) >= 11 is 0. The number of carboxylic acids is 1. The first-order valence-corrected chi connectivity index (χ1v) is 6.43. The molecule has 5 heteroatoms. The Morgan fingerprint density at radius 2 is 2.42 bits per heavy atom. The number of hydrogen-bond acceptors (Lipinski definition) is 3. The lowest BCUT2D eigenvalue weighted by Gasteiger charge is -2.11. The van der Waals surface area contributed by atoms with Gasteiger partial charge in [-0.25, -0.2) is 9.78 Å². The zero-order valence-corrected chi connectivity index (χ0v) is 10.8. The molecule has 1 unspecified atom stereocenters. The van der Waals surface area contributed by atoms with Gasteiger partial charge in [-0.15, -0.1) is 0 Å². The molecule has 2 aromatic rings. The molecule has 1 N–H and O–H groups in total. The lowest BCUT2D eigenvalue weighted by molar-refractivity contribution is 0.0697. The standard InChI is InChI=1S/C14H16N2O3/c1-9-15-12-3-2-11(14(17)18)6-13(12)16(9)7-10-4-5-19-8-10/h2-3,6,10H,4-5,7-8H2,1H3,(H,17,18). The van der Waals surface area contributed by atoms with Crippen molar-refractivity contribution >= 4 is 17.0 Å². The van der Waals surface area contributed by atoms with E-state index in [0.29, 0.717) is 11.5 Å². The second-order valence-electron chi connectivity index (χ2n) is 5.01. The normalized spacial score (nSPS) is 19.1. The molecule has 19 heavy (non-hydrogen) atoms. The summed E-state index contributed by atoms with van der Waals surface area (Å²) < 4.78 is 7.49. The summed E-state index contributed by atoms with van der Waals surface area (Å²) in [6.07, 6.45) is 1.05. The summed E-state index contributed by atoms with van der Waals surface area (Å²) in [5, 5.41) is 9.08. The zero-order valence-electron chi connectivity index (χ0n) is 10.8. The number of aryl methyl sites for hydroxylation is 1. The van der Waals surface area contributed by atoms with Gasteiger partial charge in [-0.3, -0.25) is 0 Å². The fourth-order valence-electron chi connectivity index (χ4n) is 2.59. The summed E-state index contributed by atoms with van der Waals surface area (Å²) in [5.74, 6) is 0.505. The van der Waals surface area contributed by atoms with E-state index in [2.05, 4.69) is 9.55 Å². The number of imidazole rings is 1. The van der Waals surface area contributed by atoms with Gasteiger partial charge in [-0.2, -0.15) is 0 Å². The van der Waals surface area contributed by atoms with Gasteiger partial charge in [-0.1, -0.05) is 0 Å². The fourth-order valence-corrected chi connectivity index (χ4v) is 2.59. The van der Waals surface area contributed by atoms with Crippen LogP contribution in [0.4, 0.5) is 0 Å². The van der Waals surface area contributed by atoms with Crippen molar-refractivity contribution in [2.45, 2.75) is 19.9 Å². The van der Waals surface area contributed by atoms with Crippen LogP contribution in [0, 0.1) is 12.8 Å². The maximum atomic E-state index is 11.1. The molecule has 1 aliphatic rings. The quantitative estimate of drug-likeness (QED) is 0.917. The first-order chi connectivity index (χ1) is 9.15. The van der Waals surface area contributed by atoms with Gasteiger partial charge < -0.3 is 14.4 Å². The molecule has 0 aliphatic carbocycles. The topological polar surface area (TPSA) is 64.3 Å². The molecule has 1 fully saturated rings. The Morgan fingerprint density at radius 1 is 1.58 bits per heavy atom. The van der Waals surface area contributed by atoms with Crippen molar-refractivity contribution in [1.82, 2.24) is 9.55 Å². The Hall–Kier alpha value is -1.88. The summed E-state index contributed by atoms with van der Waals surface area (Å²) in [7, 11) is 0. The lowest BCUT2D eigenvalue weighted by atomic mass is 10.1. The highest BCUT2D eigenvalue weighted by Crippen LogP contribution is 2.22. The van der Waals surface area contributed by atoms with Gasteiger partial charge in [0.05, 0.1) is 23.2 Å². The van der Waals surface area contributed by atoms with Gasteiger partial charge in [0, 0.05) is 19.1 Å². The second kappa shape index (κ2) is 4.66. The van der Waals surface area contributed by atoms with Gasteiger partial charge in [0.1, 0.15) is 5.82 Å². The highest BCUT2D eigenvalue weighted by atomic mass is 16.5. The fraction of sp³-hybridized carbons (Fsp3) is 0.429. The van der Waals surface area contributed by atoms with Crippen LogP contribution in [0.2, 0.25) is 0 Å². The number of benzene rings is 1. The molecule has 1 aromatic carbocycles. The van der Waals surface area contributed by atoms with Crippen LogP contribution < -0.4 is 0 Å². The average Bonchev–Trinajstić information content (AvgIpc) is 2.98. The summed E-state index contributed by atoms with van der Waals surface area (Å²) in [6, 6.07) is 5.07. The Balaban J connectivity index is 2.03. The van der Waals surface area contributed by atoms with Gasteiger partial charge in [0.15, 0.2) is 0 Å². The van der Waals surface area contributed by atoms with E-state index in [0.717, 1.165) is 43.0 Å². The molecular weight excluding hydrogens is 244 g/mol. The Labute approximate surface area is 110 Å². The molecule has 5 nitrogen and oxygen atoms in total. The number of aromatic carboxylic acids is 1. The number of nitrogens with zero attached hydrogens (tertiary/aromatic N) is 2. The molecule has 0 saturated carbocycles. The largest absolute Gasteiger partial charge is 0.478 e. The molecule has 1 aliphatic heterocycles. The number of aromatic nitrogens is 2. The molecular formula is C14H16N2O3. The van der Waals surface area contributed by atoms with Crippen LogP contribution in [-0.2, 0) is 11.3 Å². The molecule has 100 valence electrons. The number of rotatable bonds is 3. The van der Waals surface area contributed by atoms with E-state index >= 15 is 0 Å². The van der Waals surface area contributed by atoms with Crippen molar-refractivity contribution in [3.05, 3.63) is 29.6 Å². The number of fused-ring (bicyclic) bond motifs is 1. The third kappa shape index (κ3) is 2.21. The van der Waals surface area contributed by atoms with Crippen LogP contribution in [0.1, 0.15) is 22.6 Å². The Kier molecular flexibility index (Phi) is 2.98. The van der Waals surface area contributed by atoms with Crippen LogP contribution in [0.3, 0.4) is 0 Å². The summed E-state index contributed by atoms with van der Waals surface area (Å²) in [4.78, 5) is 15.5. The average molecular weight is 260 g/mol. The van der Waals surface area contributed by atoms with Crippen LogP contribution in [0.15, 0.2) is 18.2 Å². The minimum Gasteiger partial charge on any atom is -0.478 e. The van der Waals surface area contributed by atoms with E-state index in [9.17, 15) is 4.79 Å². The van der Waals surface area contributed by atoms with Gasteiger partial charge in [0.2, 0.25) is 0 Å². The number of carbonyl (C=O) groups is 1. The number of hydrogen-bond donors (Lipinski definition) is 1. The second-order valence-corrected chi connectivity index (χ2v) is 5.01. The minimum atomic E-state index is -0.906. The highest BCUT2D eigenvalue weighted by Gasteiger charge is 2.19. The lowest BCUT2D eigenvalue weighted by Crippen LogP contribution is -2.12. The van der Waals surface area contributed by atoms with Crippen molar-refractivity contribution in [2.75, 3.05) is 13.2 Å². The number of ether oxygens (including phenoxy) is 1. The first-order valence-electron chi connectivity index (χ1n) is 6.43. The summed E-state index contributed by atoms with van der Waals surface area (Å²) in [6.45, 7) is 4.39. The molecule has 0 radical (unpaired) electrons. The van der Waals surface area contributed by atoms with E-state index in [1.54, 1.807) is 18.2 Å². The SMILES string of the molecule is Cc1nc2ccc(C(=O)O)cc2n1CC1CCOC1. The van der Waals surface area contributed by atoms with Gasteiger partial charge in [-0.05, 0) is 31.5 Å². The Morgan fingerprint density at radius 3 is 3.11 bits per heavy atom. The van der Waals surface area contributed by atoms with E-state index in [4.69, 9.17) is 9.84 Å². The third-order valence-electron chi connectivity index (χ3n) is 3.65. The zero-order chi connectivity index (χ0) is 13.4. The maximum Gasteiger partial charge on any atom is 0.335 e. The van der Waals surface area contributed by atoms with Crippen LogP contribution >= 0.6 is 0 Å². The van der Waals surface area contributed by atoms with Crippen molar-refractivity contribution < 1.29 is 14.6 Å². The van der Waals surface area contributed by atoms with Crippen LogP contribution in [-0.4, -0.2) is 33.8 Å². The molecule has 0 bridgehead atoms. The van der Waals surface area contributed by atoms with E-state index in [-0.39, 0.29) is 0 Å². The van der Waals surface area contributed by atoms with E-state index in [1.165, 1.54) is 0 Å². The highest BCUT2D eigenvalue weighted by molar-refractivity contribution is 5.92. The van der Waals surface area contributed by atoms with E-state index < -0.39 is 5.97 Å². The predicted molar refractivity (Wildman–Crippen MR) is 70.4 cm³/mol. The van der Waals surface area contributed by atoms with Crippen molar-refractivity contribution in [2.24, 2.45) is 5.92 Å². The van der Waals surface area contributed by atoms with Gasteiger partial charge in [0.25, 0.3) is 0 Å². The van der Waals surface area contributed by atoms with Crippen molar-refractivity contribution in [3.63, 3.8) is 0 Å². The molecule has 3 rings (SSSR count). The molecule has 1 saturated heterocycles. The molecule has 0 amide bonds. The maximum absolute atomic E-state index is 11.1. The Bertz CT molecular complexity index is 627. The predicted octanol–water partition coefficient (Wildman–Crippen LogP) is 2.08. The van der Waals surface area contributed by atoms with Crippen molar-refractivity contribution in [1.29, 1.82) is 0 Å². The van der Waals surface area contributed by atoms with Crippen LogP contribution in [0.5, 0.6) is 0 Å². The minimum absolute atomic E-state index is 0.302. The van der Waals surface area contributed by atoms with Crippen molar-refractivity contribution in [3.8, 4) is 0 Å². The monoisotopic (exact) mass is 260 g/mol. The molecule has 1 atom stereocenters. The van der Waals surface area contributed by atoms with E-state index in [1.807, 2.05) is 6.92 Å². The molecule has 0 spiro atoms. The molecule has 2 heterocycles. The summed E-state index contributed by atoms with van der Waals surface area (Å²) in [5.41, 5.74) is 2.04. The smallest absolute Gasteiger partial charge is 0.335 e. The first kappa shape index (κ1) is 12.2. The number of carboxylic acid groups (broad SMARTS) is 1. The third-order valence-corrected chi connectivity index (χ3v) is 3.65. The van der Waals surface area contributed by atoms with Crippen LogP contribution in [0.25, 0.3) is 11.0 Å². The molecule has 1 aromatic heterocycles. The van der Waals surface area contributed by atoms with Gasteiger partial charge >= 0.3 is 5.97 Å².